The molecule has 0 unspecified atom stereocenters. The molecule has 0 heterocycles. The average molecular weight is 243 g/mol. The van der Waals surface area contributed by atoms with E-state index >= 15 is 0 Å². The highest BCUT2D eigenvalue weighted by atomic mass is 16.5. The van der Waals surface area contributed by atoms with E-state index in [1.54, 1.807) is 0 Å². The first-order valence-corrected chi connectivity index (χ1v) is 7.08. The van der Waals surface area contributed by atoms with Crippen LogP contribution in [0.2, 0.25) is 0 Å². The fourth-order valence-electron chi connectivity index (χ4n) is 2.37. The van der Waals surface area contributed by atoms with Crippen molar-refractivity contribution in [1.82, 2.24) is 5.32 Å². The maximum absolute atomic E-state index is 9.77. The van der Waals surface area contributed by atoms with Crippen LogP contribution in [-0.2, 0) is 4.74 Å². The molecule has 0 saturated heterocycles. The van der Waals surface area contributed by atoms with Crippen molar-refractivity contribution in [2.45, 2.75) is 58.7 Å². The Balaban J connectivity index is 2.04. The Morgan fingerprint density at radius 2 is 2.06 bits per heavy atom. The van der Waals surface area contributed by atoms with Crippen LogP contribution in [0, 0.1) is 11.8 Å². The molecule has 1 aliphatic carbocycles. The van der Waals surface area contributed by atoms with Gasteiger partial charge in [0.2, 0.25) is 0 Å². The van der Waals surface area contributed by atoms with E-state index in [0.717, 1.165) is 25.3 Å². The normalized spacial score (nSPS) is 27.4. The van der Waals surface area contributed by atoms with Gasteiger partial charge in [-0.25, -0.2) is 0 Å². The van der Waals surface area contributed by atoms with Gasteiger partial charge >= 0.3 is 0 Å². The third kappa shape index (κ3) is 7.02. The summed E-state index contributed by atoms with van der Waals surface area (Å²) < 4.78 is 5.78. The van der Waals surface area contributed by atoms with E-state index in [0.29, 0.717) is 25.2 Å². The standard InChI is InChI=1S/C14H29NO2/c1-11(2)8-15-9-13(16)10-17-14-6-4-5-12(3)7-14/h11-16H,4-10H2,1-3H3/t12-,13-,14+/m1/s1. The van der Waals surface area contributed by atoms with Crippen molar-refractivity contribution < 1.29 is 9.84 Å². The molecule has 3 heteroatoms. The van der Waals surface area contributed by atoms with Crippen LogP contribution in [0.5, 0.6) is 0 Å². The second-order valence-electron chi connectivity index (χ2n) is 5.93. The molecule has 3 atom stereocenters. The van der Waals surface area contributed by atoms with Gasteiger partial charge in [-0.2, -0.15) is 0 Å². The van der Waals surface area contributed by atoms with E-state index in [2.05, 4.69) is 26.1 Å². The van der Waals surface area contributed by atoms with Gasteiger partial charge in [-0.05, 0) is 31.2 Å². The molecule has 2 N–H and O–H groups in total. The summed E-state index contributed by atoms with van der Waals surface area (Å²) >= 11 is 0. The molecular formula is C14H29NO2. The maximum Gasteiger partial charge on any atom is 0.0897 e. The van der Waals surface area contributed by atoms with Gasteiger partial charge < -0.3 is 15.2 Å². The van der Waals surface area contributed by atoms with Crippen molar-refractivity contribution >= 4 is 0 Å². The summed E-state index contributed by atoms with van der Waals surface area (Å²) in [6.45, 7) is 8.69. The molecule has 0 radical (unpaired) electrons. The van der Waals surface area contributed by atoms with Crippen LogP contribution < -0.4 is 5.32 Å². The smallest absolute Gasteiger partial charge is 0.0897 e. The SMILES string of the molecule is CC(C)CNC[C@@H](O)CO[C@H]1CCC[C@@H](C)C1. The highest BCUT2D eigenvalue weighted by molar-refractivity contribution is 4.71. The lowest BCUT2D eigenvalue weighted by Gasteiger charge is -2.27. The highest BCUT2D eigenvalue weighted by Gasteiger charge is 2.20. The van der Waals surface area contributed by atoms with Gasteiger partial charge in [0, 0.05) is 6.54 Å². The van der Waals surface area contributed by atoms with Crippen LogP contribution in [0.25, 0.3) is 0 Å². The van der Waals surface area contributed by atoms with E-state index in [4.69, 9.17) is 4.74 Å². The fourth-order valence-corrected chi connectivity index (χ4v) is 2.37. The second-order valence-corrected chi connectivity index (χ2v) is 5.93. The number of hydrogen-bond acceptors (Lipinski definition) is 3. The summed E-state index contributed by atoms with van der Waals surface area (Å²) in [6, 6.07) is 0. The van der Waals surface area contributed by atoms with Crippen molar-refractivity contribution in [3.05, 3.63) is 0 Å². The van der Waals surface area contributed by atoms with Crippen molar-refractivity contribution in [3.63, 3.8) is 0 Å². The molecule has 0 aromatic carbocycles. The van der Waals surface area contributed by atoms with E-state index in [9.17, 15) is 5.11 Å². The summed E-state index contributed by atoms with van der Waals surface area (Å²) in [4.78, 5) is 0. The summed E-state index contributed by atoms with van der Waals surface area (Å²) in [6.07, 6.45) is 4.93. The predicted octanol–water partition coefficient (Wildman–Crippen LogP) is 2.19. The van der Waals surface area contributed by atoms with Crippen molar-refractivity contribution in [2.75, 3.05) is 19.7 Å². The number of aliphatic hydroxyl groups excluding tert-OH is 1. The van der Waals surface area contributed by atoms with Crippen LogP contribution in [0.15, 0.2) is 0 Å². The molecule has 1 fully saturated rings. The first-order valence-electron chi connectivity index (χ1n) is 7.08. The molecule has 102 valence electrons. The van der Waals surface area contributed by atoms with Crippen LogP contribution in [0.1, 0.15) is 46.5 Å². The molecule has 3 nitrogen and oxygen atoms in total. The summed E-state index contributed by atoms with van der Waals surface area (Å²) in [7, 11) is 0. The van der Waals surface area contributed by atoms with E-state index in [1.807, 2.05) is 0 Å². The highest BCUT2D eigenvalue weighted by Crippen LogP contribution is 2.25. The second kappa shape index (κ2) is 8.06. The van der Waals surface area contributed by atoms with Gasteiger partial charge in [-0.1, -0.05) is 33.6 Å². The molecule has 1 aliphatic rings. The Labute approximate surface area is 106 Å². The lowest BCUT2D eigenvalue weighted by Crippen LogP contribution is -2.34. The van der Waals surface area contributed by atoms with E-state index < -0.39 is 0 Å². The molecule has 0 aliphatic heterocycles. The molecule has 0 aromatic heterocycles. The van der Waals surface area contributed by atoms with Gasteiger partial charge in [0.25, 0.3) is 0 Å². The number of aliphatic hydroxyl groups is 1. The Morgan fingerprint density at radius 1 is 1.29 bits per heavy atom. The molecule has 17 heavy (non-hydrogen) atoms. The minimum absolute atomic E-state index is 0.369. The number of ether oxygens (including phenoxy) is 1. The van der Waals surface area contributed by atoms with Crippen molar-refractivity contribution in [2.24, 2.45) is 11.8 Å². The van der Waals surface area contributed by atoms with E-state index in [1.165, 1.54) is 12.8 Å². The third-order valence-corrected chi connectivity index (χ3v) is 3.35. The first kappa shape index (κ1) is 14.9. The van der Waals surface area contributed by atoms with Crippen molar-refractivity contribution in [3.8, 4) is 0 Å². The Bertz CT molecular complexity index is 197. The zero-order valence-electron chi connectivity index (χ0n) is 11.6. The Morgan fingerprint density at radius 3 is 2.71 bits per heavy atom. The lowest BCUT2D eigenvalue weighted by atomic mass is 9.89. The quantitative estimate of drug-likeness (QED) is 0.720. The van der Waals surface area contributed by atoms with Crippen LogP contribution in [0.4, 0.5) is 0 Å². The van der Waals surface area contributed by atoms with Gasteiger partial charge in [0.05, 0.1) is 18.8 Å². The molecule has 0 aromatic rings. The molecule has 0 amide bonds. The lowest BCUT2D eigenvalue weighted by molar-refractivity contribution is -0.0306. The number of nitrogens with one attached hydrogen (secondary N) is 1. The summed E-state index contributed by atoms with van der Waals surface area (Å²) in [5, 5.41) is 13.0. The predicted molar refractivity (Wildman–Crippen MR) is 71.1 cm³/mol. The zero-order chi connectivity index (χ0) is 12.7. The maximum atomic E-state index is 9.77. The monoisotopic (exact) mass is 243 g/mol. The number of rotatable bonds is 7. The largest absolute Gasteiger partial charge is 0.389 e. The Kier molecular flexibility index (Phi) is 7.09. The molecule has 1 saturated carbocycles. The molecule has 0 bridgehead atoms. The number of hydrogen-bond donors (Lipinski definition) is 2. The third-order valence-electron chi connectivity index (χ3n) is 3.35. The molecule has 0 spiro atoms. The summed E-state index contributed by atoms with van der Waals surface area (Å²) in [5.74, 6) is 1.41. The average Bonchev–Trinajstić information content (AvgIpc) is 2.26. The van der Waals surface area contributed by atoms with Gasteiger partial charge in [0.15, 0.2) is 0 Å². The van der Waals surface area contributed by atoms with Crippen LogP contribution >= 0.6 is 0 Å². The minimum Gasteiger partial charge on any atom is -0.389 e. The van der Waals surface area contributed by atoms with Crippen molar-refractivity contribution in [1.29, 1.82) is 0 Å². The molecule has 1 rings (SSSR count). The van der Waals surface area contributed by atoms with Crippen LogP contribution in [0.3, 0.4) is 0 Å². The zero-order valence-corrected chi connectivity index (χ0v) is 11.6. The van der Waals surface area contributed by atoms with Crippen LogP contribution in [-0.4, -0.2) is 37.0 Å². The first-order chi connectivity index (χ1) is 8.08. The Hall–Kier alpha value is -0.120. The minimum atomic E-state index is -0.369. The summed E-state index contributed by atoms with van der Waals surface area (Å²) in [5.41, 5.74) is 0. The van der Waals surface area contributed by atoms with Gasteiger partial charge in [-0.3, -0.25) is 0 Å². The topological polar surface area (TPSA) is 41.5 Å². The van der Waals surface area contributed by atoms with E-state index in [-0.39, 0.29) is 6.10 Å². The molecular weight excluding hydrogens is 214 g/mol. The fraction of sp³-hybridized carbons (Fsp3) is 1.00. The van der Waals surface area contributed by atoms with Gasteiger partial charge in [-0.15, -0.1) is 0 Å². The van der Waals surface area contributed by atoms with Gasteiger partial charge in [0.1, 0.15) is 0 Å².